The number of imide groups is 1. The summed E-state index contributed by atoms with van der Waals surface area (Å²) in [5.41, 5.74) is -1.09. The van der Waals surface area contributed by atoms with Gasteiger partial charge in [0, 0.05) is 16.5 Å². The van der Waals surface area contributed by atoms with E-state index in [0.29, 0.717) is 10.4 Å². The largest absolute Gasteiger partial charge is 0.416 e. The van der Waals surface area contributed by atoms with E-state index in [1.54, 1.807) is 12.1 Å². The number of nitrogens with one attached hydrogen (secondary N) is 1. The van der Waals surface area contributed by atoms with Crippen molar-refractivity contribution in [1.82, 2.24) is 4.57 Å². The lowest BCUT2D eigenvalue weighted by Crippen LogP contribution is -2.33. The number of hydrogen-bond donors (Lipinski definition) is 1. The molecule has 3 amide bonds. The Bertz CT molecular complexity index is 2030. The monoisotopic (exact) mass is 719 g/mol. The molecule has 7 nitrogen and oxygen atoms in total. The number of benzene rings is 3. The molecule has 0 unspecified atom stereocenters. The maximum Gasteiger partial charge on any atom is 0.416 e. The molecule has 4 aromatic rings. The molecule has 3 aromatic carbocycles. The van der Waals surface area contributed by atoms with Crippen molar-refractivity contribution < 1.29 is 40.7 Å². The average molecular weight is 720 g/mol. The molecule has 1 saturated heterocycles. The Balaban J connectivity index is 1.40. The van der Waals surface area contributed by atoms with Crippen LogP contribution in [0, 0.1) is 5.92 Å². The molecule has 3 atom stereocenters. The summed E-state index contributed by atoms with van der Waals surface area (Å²) in [5, 5.41) is 1.43. The highest BCUT2D eigenvalue weighted by atomic mass is 32.2. The van der Waals surface area contributed by atoms with Crippen LogP contribution in [0.2, 0.25) is 0 Å². The maximum atomic E-state index is 14.1. The van der Waals surface area contributed by atoms with Crippen molar-refractivity contribution in [1.29, 1.82) is 0 Å². The lowest BCUT2D eigenvalue weighted by atomic mass is 9.81. The van der Waals surface area contributed by atoms with E-state index in [1.165, 1.54) is 12.1 Å². The first-order chi connectivity index (χ1) is 22.8. The van der Waals surface area contributed by atoms with Crippen LogP contribution in [0.25, 0.3) is 0 Å². The second-order valence-electron chi connectivity index (χ2n) is 12.7. The maximum absolute atomic E-state index is 14.1. The molecule has 0 bridgehead atoms. The van der Waals surface area contributed by atoms with Crippen LogP contribution in [-0.4, -0.2) is 27.5 Å². The minimum atomic E-state index is -4.73. The molecule has 1 aromatic heterocycles. The number of anilines is 2. The topological polar surface area (TPSA) is 88.5 Å². The second-order valence-corrected chi connectivity index (χ2v) is 14.8. The summed E-state index contributed by atoms with van der Waals surface area (Å²) < 4.78 is 81.5. The zero-order valence-electron chi connectivity index (χ0n) is 26.0. The van der Waals surface area contributed by atoms with E-state index in [0.717, 1.165) is 74.5 Å². The van der Waals surface area contributed by atoms with Crippen LogP contribution in [0.4, 0.5) is 37.7 Å². The zero-order chi connectivity index (χ0) is 35.6. The number of rotatable bonds is 5. The van der Waals surface area contributed by atoms with E-state index in [2.05, 4.69) is 5.32 Å². The van der Waals surface area contributed by atoms with Gasteiger partial charge in [0.25, 0.3) is 0 Å². The lowest BCUT2D eigenvalue weighted by Gasteiger charge is -2.31. The number of fused-ring (bicyclic) bond motifs is 2. The Morgan fingerprint density at radius 2 is 1.41 bits per heavy atom. The number of amides is 3. The smallest absolute Gasteiger partial charge is 0.325 e. The minimum Gasteiger partial charge on any atom is -0.325 e. The molecule has 2 aliphatic heterocycles. The summed E-state index contributed by atoms with van der Waals surface area (Å²) in [5.74, 6) is -4.28. The van der Waals surface area contributed by atoms with Gasteiger partial charge in [-0.15, -0.1) is 0 Å². The summed E-state index contributed by atoms with van der Waals surface area (Å²) in [6.07, 6.45) is -9.37. The van der Waals surface area contributed by atoms with Gasteiger partial charge < -0.3 is 5.32 Å². The fourth-order valence-electron chi connectivity index (χ4n) is 6.00. The number of carbonyl (C=O) groups is 3. The van der Waals surface area contributed by atoms with Gasteiger partial charge in [-0.25, -0.2) is 4.90 Å². The summed E-state index contributed by atoms with van der Waals surface area (Å²) in [6.45, 7) is 5.42. The minimum absolute atomic E-state index is 0.144. The van der Waals surface area contributed by atoms with Gasteiger partial charge in [-0.1, -0.05) is 80.3 Å². The Morgan fingerprint density at radius 1 is 0.796 bits per heavy atom. The van der Waals surface area contributed by atoms with Crippen molar-refractivity contribution in [2.75, 3.05) is 10.2 Å². The molecule has 3 heterocycles. The van der Waals surface area contributed by atoms with Crippen LogP contribution in [-0.2, 0) is 38.7 Å². The highest BCUT2D eigenvalue weighted by molar-refractivity contribution is 8.00. The third kappa shape index (κ3) is 6.53. The van der Waals surface area contributed by atoms with Crippen molar-refractivity contribution in [3.63, 3.8) is 0 Å². The number of carbonyl (C=O) groups excluding carboxylic acids is 3. The van der Waals surface area contributed by atoms with Gasteiger partial charge in [0.15, 0.2) is 0 Å². The van der Waals surface area contributed by atoms with Crippen molar-refractivity contribution >= 4 is 52.2 Å². The fourth-order valence-corrected chi connectivity index (χ4v) is 8.77. The molecule has 0 saturated carbocycles. The zero-order valence-corrected chi connectivity index (χ0v) is 27.6. The third-order valence-corrected chi connectivity index (χ3v) is 11.0. The first kappa shape index (κ1) is 34.5. The van der Waals surface area contributed by atoms with E-state index >= 15 is 0 Å². The van der Waals surface area contributed by atoms with Gasteiger partial charge in [0.1, 0.15) is 11.8 Å². The molecule has 0 aliphatic carbocycles. The van der Waals surface area contributed by atoms with Gasteiger partial charge in [-0.3, -0.25) is 23.7 Å². The quantitative estimate of drug-likeness (QED) is 0.169. The third-order valence-electron chi connectivity index (χ3n) is 8.39. The van der Waals surface area contributed by atoms with Gasteiger partial charge in [0.05, 0.1) is 27.8 Å². The number of hydrogen-bond acceptors (Lipinski definition) is 6. The Labute approximate surface area is 283 Å². The highest BCUT2D eigenvalue weighted by Crippen LogP contribution is 2.54. The first-order valence-corrected chi connectivity index (χ1v) is 16.6. The lowest BCUT2D eigenvalue weighted by molar-refractivity contribution is -0.138. The van der Waals surface area contributed by atoms with Crippen LogP contribution in [0.3, 0.4) is 0 Å². The van der Waals surface area contributed by atoms with E-state index in [4.69, 9.17) is 0 Å². The molecular formula is C34H27F6N3O4S2. The van der Waals surface area contributed by atoms with Crippen LogP contribution in [0.1, 0.15) is 53.8 Å². The molecular weight excluding hydrogens is 693 g/mol. The van der Waals surface area contributed by atoms with Crippen LogP contribution >= 0.6 is 23.1 Å². The molecule has 1 N–H and O–H groups in total. The predicted octanol–water partition coefficient (Wildman–Crippen LogP) is 7.68. The van der Waals surface area contributed by atoms with Crippen molar-refractivity contribution in [3.8, 4) is 0 Å². The number of alkyl halides is 6. The average Bonchev–Trinajstić information content (AvgIpc) is 3.46. The Hall–Kier alpha value is -4.37. The molecule has 49 heavy (non-hydrogen) atoms. The Morgan fingerprint density at radius 3 is 2.02 bits per heavy atom. The summed E-state index contributed by atoms with van der Waals surface area (Å²) in [6, 6.07) is 15.2. The fraction of sp³-hybridized carbons (Fsp3) is 0.294. The number of thiazole rings is 1. The molecule has 0 radical (unpaired) electrons. The van der Waals surface area contributed by atoms with Gasteiger partial charge >= 0.3 is 17.2 Å². The van der Waals surface area contributed by atoms with E-state index < -0.39 is 69.7 Å². The second kappa shape index (κ2) is 12.2. The molecule has 0 spiro atoms. The molecule has 6 rings (SSSR count). The van der Waals surface area contributed by atoms with Crippen LogP contribution in [0.15, 0.2) is 82.6 Å². The Kier molecular flexibility index (Phi) is 8.58. The molecule has 2 aliphatic rings. The van der Waals surface area contributed by atoms with Crippen molar-refractivity contribution in [2.24, 2.45) is 5.92 Å². The summed E-state index contributed by atoms with van der Waals surface area (Å²) in [4.78, 5) is 55.0. The first-order valence-electron chi connectivity index (χ1n) is 14.9. The van der Waals surface area contributed by atoms with Gasteiger partial charge in [-0.2, -0.15) is 26.3 Å². The number of halogens is 6. The van der Waals surface area contributed by atoms with E-state index in [1.807, 2.05) is 32.9 Å². The number of thioether (sulfide) groups is 1. The molecule has 1 fully saturated rings. The standard InChI is InChI=1S/C34H27F6N3O4S2/c1-32(2,3)18-12-10-17(11-13-18)24-25-26(29(46)43(28(25)45)22-9-5-7-20(15-22)34(38,39)40)48-30-27(24)49-31(47)42(30)16-23(44)41-21-8-4-6-19(14-21)33(35,36)37/h4-15,24-26H,16H2,1-3H3,(H,41,44)/t24-,25-,26+/m0/s1. The van der Waals surface area contributed by atoms with Crippen LogP contribution < -0.4 is 15.1 Å². The van der Waals surface area contributed by atoms with Crippen LogP contribution in [0.5, 0.6) is 0 Å². The molecule has 15 heteroatoms. The highest BCUT2D eigenvalue weighted by Gasteiger charge is 2.57. The SMILES string of the molecule is CC(C)(C)c1ccc([C@@H]2c3sc(=O)n(CC(=O)Nc4cccc(C(F)(F)F)c4)c3S[C@H]3C(=O)N(c4cccc(C(F)(F)F)c4)C(=O)[C@@H]23)cc1. The van der Waals surface area contributed by atoms with E-state index in [9.17, 15) is 45.5 Å². The van der Waals surface area contributed by atoms with Crippen molar-refractivity contribution in [2.45, 2.75) is 61.3 Å². The summed E-state index contributed by atoms with van der Waals surface area (Å²) >= 11 is 1.63. The van der Waals surface area contributed by atoms with Crippen molar-refractivity contribution in [3.05, 3.63) is 110 Å². The van der Waals surface area contributed by atoms with Gasteiger partial charge in [-0.05, 0) is 52.9 Å². The number of aromatic nitrogens is 1. The predicted molar refractivity (Wildman–Crippen MR) is 173 cm³/mol. The van der Waals surface area contributed by atoms with E-state index in [-0.39, 0.29) is 21.8 Å². The molecule has 256 valence electrons. The van der Waals surface area contributed by atoms with Gasteiger partial charge in [0.2, 0.25) is 17.7 Å². The normalized spacial score (nSPS) is 19.5. The number of nitrogens with zero attached hydrogens (tertiary/aromatic N) is 2. The summed E-state index contributed by atoms with van der Waals surface area (Å²) in [7, 11) is 0.